The van der Waals surface area contributed by atoms with Crippen molar-refractivity contribution in [1.29, 1.82) is 0 Å². The largest absolute Gasteiger partial charge is 1.00 e. The van der Waals surface area contributed by atoms with Crippen LogP contribution in [0.15, 0.2) is 12.2 Å². The zero-order valence-electron chi connectivity index (χ0n) is 22.4. The van der Waals surface area contributed by atoms with Gasteiger partial charge in [-0.05, 0) is 45.4 Å². The number of aliphatic carboxylic acids is 2. The molecule has 0 aliphatic heterocycles. The summed E-state index contributed by atoms with van der Waals surface area (Å²) in [6.07, 6.45) is 20.6. The van der Waals surface area contributed by atoms with Crippen LogP contribution < -0.4 is 40.0 Å². The van der Waals surface area contributed by atoms with Gasteiger partial charge in [0, 0.05) is 13.0 Å². The Bertz CT molecular complexity index is 574. The summed E-state index contributed by atoms with van der Waals surface area (Å²) < 4.78 is 0. The third-order valence-electron chi connectivity index (χ3n) is 5.61. The molecule has 0 aromatic heterocycles. The number of hydroxylamine groups is 2. The van der Waals surface area contributed by atoms with E-state index in [0.29, 0.717) is 6.42 Å². The number of carboxylic acid groups (broad SMARTS) is 2. The van der Waals surface area contributed by atoms with Crippen molar-refractivity contribution in [2.24, 2.45) is 0 Å². The number of carbonyl (C=O) groups is 3. The van der Waals surface area contributed by atoms with Crippen molar-refractivity contribution in [3.63, 3.8) is 0 Å². The number of unbranched alkanes of at least 4 members (excludes halogenated alkanes) is 11. The maximum atomic E-state index is 12.0. The van der Waals surface area contributed by atoms with E-state index in [4.69, 9.17) is 9.94 Å². The molecule has 0 saturated carbocycles. The standard InChI is InChI=1S/C26H48N2O6.Na/c1-3-5-6-7-8-9-10-11-12-13-14-15-16-17-18-19-24(29)27-21-20-23(26(32)33)28(34-4-2)22-25(30)31;/h11-12,23H,3-10,13-22H2,1-2H3,(H,27,29)(H,30,31)(H,32,33);/q;+1/p-1/b12-11-;. The Balaban J connectivity index is 0. The molecule has 0 rings (SSSR count). The zero-order valence-corrected chi connectivity index (χ0v) is 24.4. The Morgan fingerprint density at radius 3 is 1.97 bits per heavy atom. The van der Waals surface area contributed by atoms with E-state index >= 15 is 0 Å². The quantitative estimate of drug-likeness (QED) is 0.0867. The molecule has 0 heterocycles. The number of rotatable bonds is 24. The predicted octanol–water partition coefficient (Wildman–Crippen LogP) is 0.991. The van der Waals surface area contributed by atoms with Crippen LogP contribution in [0, 0.1) is 0 Å². The molecule has 0 aromatic carbocycles. The van der Waals surface area contributed by atoms with Crippen molar-refractivity contribution >= 4 is 17.8 Å². The van der Waals surface area contributed by atoms with Crippen molar-refractivity contribution < 1.29 is 59.0 Å². The van der Waals surface area contributed by atoms with Crippen molar-refractivity contribution in [1.82, 2.24) is 10.4 Å². The van der Waals surface area contributed by atoms with Gasteiger partial charge >= 0.3 is 35.5 Å². The summed E-state index contributed by atoms with van der Waals surface area (Å²) in [6, 6.07) is -1.24. The second-order valence-corrected chi connectivity index (χ2v) is 8.69. The normalized spacial score (nSPS) is 12.0. The first kappa shape index (κ1) is 36.2. The second-order valence-electron chi connectivity index (χ2n) is 8.69. The van der Waals surface area contributed by atoms with Crippen molar-refractivity contribution in [3.8, 4) is 0 Å². The van der Waals surface area contributed by atoms with E-state index in [0.717, 1.165) is 37.2 Å². The van der Waals surface area contributed by atoms with E-state index in [1.165, 1.54) is 51.4 Å². The minimum Gasteiger partial charge on any atom is -0.548 e. The predicted molar refractivity (Wildman–Crippen MR) is 132 cm³/mol. The van der Waals surface area contributed by atoms with Crippen LogP contribution in [0.3, 0.4) is 0 Å². The smallest absolute Gasteiger partial charge is 0.548 e. The average molecular weight is 507 g/mol. The molecule has 1 amide bonds. The number of hydrogen-bond acceptors (Lipinski definition) is 6. The van der Waals surface area contributed by atoms with Gasteiger partial charge in [0.1, 0.15) is 6.54 Å². The summed E-state index contributed by atoms with van der Waals surface area (Å²) in [4.78, 5) is 39.4. The van der Waals surface area contributed by atoms with Crippen LogP contribution in [0.5, 0.6) is 0 Å². The third kappa shape index (κ3) is 23.2. The minimum absolute atomic E-state index is 0. The van der Waals surface area contributed by atoms with E-state index in [1.54, 1.807) is 6.92 Å². The maximum absolute atomic E-state index is 12.0. The van der Waals surface area contributed by atoms with Gasteiger partial charge in [0.2, 0.25) is 5.91 Å². The van der Waals surface area contributed by atoms with Gasteiger partial charge in [0.25, 0.3) is 0 Å². The Morgan fingerprint density at radius 1 is 0.914 bits per heavy atom. The van der Waals surface area contributed by atoms with E-state index in [9.17, 15) is 19.5 Å². The minimum atomic E-state index is -1.43. The molecule has 0 aliphatic carbocycles. The van der Waals surface area contributed by atoms with E-state index < -0.39 is 24.5 Å². The maximum Gasteiger partial charge on any atom is 1.00 e. The van der Waals surface area contributed by atoms with Crippen LogP contribution in [-0.4, -0.2) is 53.8 Å². The Labute approximate surface area is 234 Å². The van der Waals surface area contributed by atoms with Gasteiger partial charge < -0.3 is 20.3 Å². The summed E-state index contributed by atoms with van der Waals surface area (Å²) in [5, 5.41) is 23.9. The molecule has 0 fully saturated rings. The van der Waals surface area contributed by atoms with Crippen LogP contribution in [0.25, 0.3) is 0 Å². The molecule has 1 atom stereocenters. The molecule has 1 unspecified atom stereocenters. The number of amides is 1. The monoisotopic (exact) mass is 506 g/mol. The van der Waals surface area contributed by atoms with Gasteiger partial charge in [0.15, 0.2) is 0 Å². The van der Waals surface area contributed by atoms with E-state index in [-0.39, 0.29) is 55.0 Å². The number of allylic oxidation sites excluding steroid dienone is 2. The SMILES string of the molecule is CCCCCCCC/C=C\CCCCCCCC(=O)NCCC(C(=O)[O-])N(CC(=O)O)OCC.[Na+]. The number of carboxylic acids is 2. The molecule has 0 saturated heterocycles. The molecular weight excluding hydrogens is 459 g/mol. The Hall–Kier alpha value is -0.930. The Kier molecular flexibility index (Phi) is 27.1. The van der Waals surface area contributed by atoms with Gasteiger partial charge in [-0.3, -0.25) is 14.4 Å². The second kappa shape index (κ2) is 26.1. The van der Waals surface area contributed by atoms with Gasteiger partial charge in [0.05, 0.1) is 18.6 Å². The first-order chi connectivity index (χ1) is 16.4. The van der Waals surface area contributed by atoms with Crippen LogP contribution in [-0.2, 0) is 19.2 Å². The van der Waals surface area contributed by atoms with Crippen LogP contribution in [0.4, 0.5) is 0 Å². The topological polar surface area (TPSA) is 119 Å². The van der Waals surface area contributed by atoms with E-state index in [1.807, 2.05) is 0 Å². The van der Waals surface area contributed by atoms with Crippen molar-refractivity contribution in [2.45, 2.75) is 116 Å². The third-order valence-corrected chi connectivity index (χ3v) is 5.61. The summed E-state index contributed by atoms with van der Waals surface area (Å²) in [6.45, 7) is 3.56. The fraction of sp³-hybridized carbons (Fsp3) is 0.808. The van der Waals surface area contributed by atoms with Crippen LogP contribution in [0.1, 0.15) is 110 Å². The average Bonchev–Trinajstić information content (AvgIpc) is 2.78. The number of carbonyl (C=O) groups excluding carboxylic acids is 2. The van der Waals surface area contributed by atoms with E-state index in [2.05, 4.69) is 24.4 Å². The first-order valence-corrected chi connectivity index (χ1v) is 13.2. The van der Waals surface area contributed by atoms with Crippen molar-refractivity contribution in [3.05, 3.63) is 12.2 Å². The summed E-state index contributed by atoms with van der Waals surface area (Å²) in [5.41, 5.74) is 0. The molecule has 9 heteroatoms. The number of hydrogen-bond donors (Lipinski definition) is 2. The molecule has 2 N–H and O–H groups in total. The fourth-order valence-electron chi connectivity index (χ4n) is 3.72. The summed E-state index contributed by atoms with van der Waals surface area (Å²) in [7, 11) is 0. The molecule has 0 aromatic rings. The molecule has 0 aliphatic rings. The molecule has 35 heavy (non-hydrogen) atoms. The number of nitrogens with one attached hydrogen (secondary N) is 1. The van der Waals surface area contributed by atoms with Gasteiger partial charge in [-0.1, -0.05) is 70.4 Å². The van der Waals surface area contributed by atoms with Crippen LogP contribution in [0.2, 0.25) is 0 Å². The van der Waals surface area contributed by atoms with Gasteiger partial charge in [-0.2, -0.15) is 5.06 Å². The molecule has 198 valence electrons. The Morgan fingerprint density at radius 2 is 1.46 bits per heavy atom. The molecule has 8 nitrogen and oxygen atoms in total. The van der Waals surface area contributed by atoms with Gasteiger partial charge in [-0.15, -0.1) is 0 Å². The fourth-order valence-corrected chi connectivity index (χ4v) is 3.72. The first-order valence-electron chi connectivity index (χ1n) is 13.2. The molecule has 0 radical (unpaired) electrons. The number of nitrogens with zero attached hydrogens (tertiary/aromatic N) is 1. The molecule has 0 bridgehead atoms. The van der Waals surface area contributed by atoms with Crippen molar-refractivity contribution in [2.75, 3.05) is 19.7 Å². The molecular formula is C26H47N2NaO6. The van der Waals surface area contributed by atoms with Crippen LogP contribution >= 0.6 is 0 Å². The summed E-state index contributed by atoms with van der Waals surface area (Å²) in [5.74, 6) is -2.76. The molecule has 0 spiro atoms. The zero-order chi connectivity index (χ0) is 25.4. The van der Waals surface area contributed by atoms with Gasteiger partial charge in [-0.25, -0.2) is 0 Å². The summed E-state index contributed by atoms with van der Waals surface area (Å²) >= 11 is 0.